The van der Waals surface area contributed by atoms with Crippen molar-refractivity contribution in [3.8, 4) is 17.1 Å². The summed E-state index contributed by atoms with van der Waals surface area (Å²) >= 11 is 0. The van der Waals surface area contributed by atoms with E-state index < -0.39 is 0 Å². The van der Waals surface area contributed by atoms with Crippen LogP contribution in [0.5, 0.6) is 0 Å². The predicted molar refractivity (Wildman–Crippen MR) is 93.8 cm³/mol. The van der Waals surface area contributed by atoms with E-state index in [1.165, 1.54) is 31.5 Å². The summed E-state index contributed by atoms with van der Waals surface area (Å²) in [6.07, 6.45) is 2.60. The summed E-state index contributed by atoms with van der Waals surface area (Å²) in [6.45, 7) is 4.66. The number of aromatic nitrogens is 4. The van der Waals surface area contributed by atoms with Crippen molar-refractivity contribution < 1.29 is 0 Å². The normalized spacial score (nSPS) is 16.4. The summed E-state index contributed by atoms with van der Waals surface area (Å²) in [5.41, 5.74) is 3.33. The maximum atomic E-state index is 4.25. The Bertz CT molecular complexity index is 805. The molecule has 1 saturated heterocycles. The van der Waals surface area contributed by atoms with Crippen LogP contribution in [0.15, 0.2) is 54.6 Å². The van der Waals surface area contributed by atoms with Crippen LogP contribution in [0, 0.1) is 0 Å². The molecule has 5 heteroatoms. The maximum absolute atomic E-state index is 4.25. The van der Waals surface area contributed by atoms with Crippen LogP contribution in [0.2, 0.25) is 0 Å². The van der Waals surface area contributed by atoms with Gasteiger partial charge in [-0.05, 0) is 67.0 Å². The van der Waals surface area contributed by atoms with Crippen LogP contribution in [0.3, 0.4) is 0 Å². The lowest BCUT2D eigenvalue weighted by Crippen LogP contribution is -2.23. The second-order valence-electron chi connectivity index (χ2n) is 6.29. The van der Waals surface area contributed by atoms with Crippen molar-refractivity contribution in [2.75, 3.05) is 13.1 Å². The Labute approximate surface area is 141 Å². The minimum atomic E-state index is 0.425. The van der Waals surface area contributed by atoms with Crippen molar-refractivity contribution in [3.05, 3.63) is 60.2 Å². The minimum absolute atomic E-state index is 0.425. The number of hydrogen-bond donors (Lipinski definition) is 0. The lowest BCUT2D eigenvalue weighted by Gasteiger charge is -2.24. The molecule has 0 spiro atoms. The SMILES string of the molecule is CC(c1cccc(-c2nnnn2-c2ccccc2)c1)N1CCCC1. The van der Waals surface area contributed by atoms with Gasteiger partial charge >= 0.3 is 0 Å². The van der Waals surface area contributed by atoms with E-state index in [9.17, 15) is 0 Å². The van der Waals surface area contributed by atoms with Gasteiger partial charge in [0.2, 0.25) is 0 Å². The fourth-order valence-electron chi connectivity index (χ4n) is 3.39. The fraction of sp³-hybridized carbons (Fsp3) is 0.316. The Hall–Kier alpha value is -2.53. The summed E-state index contributed by atoms with van der Waals surface area (Å²) in [7, 11) is 0. The van der Waals surface area contributed by atoms with Crippen molar-refractivity contribution in [1.29, 1.82) is 0 Å². The van der Waals surface area contributed by atoms with Crippen LogP contribution in [0.4, 0.5) is 0 Å². The lowest BCUT2D eigenvalue weighted by molar-refractivity contribution is 0.263. The fourth-order valence-corrected chi connectivity index (χ4v) is 3.39. The zero-order valence-corrected chi connectivity index (χ0v) is 13.8. The molecule has 1 atom stereocenters. The summed E-state index contributed by atoms with van der Waals surface area (Å²) in [5, 5.41) is 12.3. The van der Waals surface area contributed by atoms with Gasteiger partial charge in [0.15, 0.2) is 5.82 Å². The Morgan fingerprint density at radius 3 is 2.54 bits per heavy atom. The minimum Gasteiger partial charge on any atom is -0.297 e. The van der Waals surface area contributed by atoms with E-state index in [2.05, 4.69) is 51.6 Å². The highest BCUT2D eigenvalue weighted by Gasteiger charge is 2.20. The predicted octanol–water partition coefficient (Wildman–Crippen LogP) is 3.49. The summed E-state index contributed by atoms with van der Waals surface area (Å²) in [4.78, 5) is 2.54. The molecule has 0 saturated carbocycles. The lowest BCUT2D eigenvalue weighted by atomic mass is 10.0. The molecular weight excluding hydrogens is 298 g/mol. The van der Waals surface area contributed by atoms with Crippen LogP contribution >= 0.6 is 0 Å². The first-order chi connectivity index (χ1) is 11.8. The smallest absolute Gasteiger partial charge is 0.187 e. The molecule has 1 unspecified atom stereocenters. The second kappa shape index (κ2) is 6.53. The molecule has 2 heterocycles. The highest BCUT2D eigenvalue weighted by atomic mass is 15.5. The van der Waals surface area contributed by atoms with Crippen LogP contribution in [-0.2, 0) is 0 Å². The van der Waals surface area contributed by atoms with Gasteiger partial charge in [0.05, 0.1) is 5.69 Å². The van der Waals surface area contributed by atoms with E-state index >= 15 is 0 Å². The number of hydrogen-bond acceptors (Lipinski definition) is 4. The standard InChI is InChI=1S/C19H21N5/c1-15(23-12-5-6-13-23)16-8-7-9-17(14-16)19-20-21-22-24(19)18-10-3-2-4-11-18/h2-4,7-11,14-15H,5-6,12-13H2,1H3. The van der Waals surface area contributed by atoms with E-state index in [0.29, 0.717) is 6.04 Å². The van der Waals surface area contributed by atoms with Crippen molar-refractivity contribution in [2.45, 2.75) is 25.8 Å². The van der Waals surface area contributed by atoms with Gasteiger partial charge in [0, 0.05) is 11.6 Å². The number of tetrazole rings is 1. The molecular formula is C19H21N5. The molecule has 122 valence electrons. The Kier molecular flexibility index (Phi) is 4.09. The molecule has 2 aromatic carbocycles. The quantitative estimate of drug-likeness (QED) is 0.738. The average molecular weight is 319 g/mol. The van der Waals surface area contributed by atoms with Gasteiger partial charge in [-0.3, -0.25) is 4.90 Å². The summed E-state index contributed by atoms with van der Waals surface area (Å²) in [5.74, 6) is 0.775. The third-order valence-corrected chi connectivity index (χ3v) is 4.79. The molecule has 1 aromatic heterocycles. The molecule has 1 aliphatic heterocycles. The van der Waals surface area contributed by atoms with Gasteiger partial charge in [0.1, 0.15) is 0 Å². The molecule has 24 heavy (non-hydrogen) atoms. The van der Waals surface area contributed by atoms with Gasteiger partial charge in [-0.15, -0.1) is 5.10 Å². The molecule has 1 fully saturated rings. The van der Waals surface area contributed by atoms with Crippen LogP contribution in [0.25, 0.3) is 17.1 Å². The highest BCUT2D eigenvalue weighted by molar-refractivity contribution is 5.58. The van der Waals surface area contributed by atoms with E-state index in [1.807, 2.05) is 30.3 Å². The summed E-state index contributed by atoms with van der Waals surface area (Å²) < 4.78 is 1.79. The molecule has 0 amide bonds. The molecule has 5 nitrogen and oxygen atoms in total. The van der Waals surface area contributed by atoms with Gasteiger partial charge < -0.3 is 0 Å². The van der Waals surface area contributed by atoms with Gasteiger partial charge in [0.25, 0.3) is 0 Å². The van der Waals surface area contributed by atoms with Gasteiger partial charge in [-0.25, -0.2) is 0 Å². The molecule has 1 aliphatic rings. The molecule has 0 N–H and O–H groups in total. The topological polar surface area (TPSA) is 46.8 Å². The van der Waals surface area contributed by atoms with E-state index in [0.717, 1.165) is 17.1 Å². The zero-order chi connectivity index (χ0) is 16.4. The summed E-state index contributed by atoms with van der Waals surface area (Å²) in [6, 6.07) is 19.0. The molecule has 0 radical (unpaired) electrons. The Balaban J connectivity index is 1.68. The monoisotopic (exact) mass is 319 g/mol. The van der Waals surface area contributed by atoms with E-state index in [4.69, 9.17) is 0 Å². The van der Waals surface area contributed by atoms with E-state index in [1.54, 1.807) is 4.68 Å². The first-order valence-corrected chi connectivity index (χ1v) is 8.51. The maximum Gasteiger partial charge on any atom is 0.187 e. The number of benzene rings is 2. The first kappa shape index (κ1) is 15.0. The molecule has 3 aromatic rings. The average Bonchev–Trinajstić information content (AvgIpc) is 3.34. The zero-order valence-electron chi connectivity index (χ0n) is 13.8. The number of rotatable bonds is 4. The van der Waals surface area contributed by atoms with Crippen molar-refractivity contribution >= 4 is 0 Å². The van der Waals surface area contributed by atoms with Crippen LogP contribution in [0.1, 0.15) is 31.4 Å². The van der Waals surface area contributed by atoms with Gasteiger partial charge in [-0.1, -0.05) is 36.4 Å². The number of nitrogens with zero attached hydrogens (tertiary/aromatic N) is 5. The van der Waals surface area contributed by atoms with Gasteiger partial charge in [-0.2, -0.15) is 4.68 Å². The van der Waals surface area contributed by atoms with Crippen molar-refractivity contribution in [2.24, 2.45) is 0 Å². The number of likely N-dealkylation sites (tertiary alicyclic amines) is 1. The second-order valence-corrected chi connectivity index (χ2v) is 6.29. The Morgan fingerprint density at radius 1 is 0.958 bits per heavy atom. The van der Waals surface area contributed by atoms with Crippen molar-refractivity contribution in [3.63, 3.8) is 0 Å². The molecule has 0 aliphatic carbocycles. The number of para-hydroxylation sites is 1. The molecule has 4 rings (SSSR count). The largest absolute Gasteiger partial charge is 0.297 e. The Morgan fingerprint density at radius 2 is 1.75 bits per heavy atom. The first-order valence-electron chi connectivity index (χ1n) is 8.51. The van der Waals surface area contributed by atoms with Crippen LogP contribution in [-0.4, -0.2) is 38.2 Å². The van der Waals surface area contributed by atoms with E-state index in [-0.39, 0.29) is 0 Å². The third-order valence-electron chi connectivity index (χ3n) is 4.79. The third kappa shape index (κ3) is 2.83. The van der Waals surface area contributed by atoms with Crippen LogP contribution < -0.4 is 0 Å². The highest BCUT2D eigenvalue weighted by Crippen LogP contribution is 2.28. The van der Waals surface area contributed by atoms with Crippen molar-refractivity contribution in [1.82, 2.24) is 25.1 Å². The molecule has 0 bridgehead atoms.